The Morgan fingerprint density at radius 1 is 1.48 bits per heavy atom. The van der Waals surface area contributed by atoms with Crippen molar-refractivity contribution in [1.29, 1.82) is 0 Å². The highest BCUT2D eigenvalue weighted by molar-refractivity contribution is 5.79. The molecule has 4 nitrogen and oxygen atoms in total. The number of amides is 1. The SMILES string of the molecule is CC(C(=O)NC1CCCOc2ccc(F)cc21)C1CNC1. The van der Waals surface area contributed by atoms with Crippen molar-refractivity contribution in [1.82, 2.24) is 10.6 Å². The van der Waals surface area contributed by atoms with E-state index in [1.165, 1.54) is 12.1 Å². The summed E-state index contributed by atoms with van der Waals surface area (Å²) < 4.78 is 19.1. The lowest BCUT2D eigenvalue weighted by atomic mass is 9.88. The molecule has 2 aliphatic heterocycles. The number of rotatable bonds is 3. The Bertz CT molecular complexity index is 531. The Morgan fingerprint density at radius 2 is 2.29 bits per heavy atom. The van der Waals surface area contributed by atoms with Crippen LogP contribution in [0.5, 0.6) is 5.75 Å². The van der Waals surface area contributed by atoms with Crippen molar-refractivity contribution < 1.29 is 13.9 Å². The molecule has 2 heterocycles. The molecular formula is C16H21FN2O2. The van der Waals surface area contributed by atoms with E-state index in [9.17, 15) is 9.18 Å². The third-order valence-corrected chi connectivity index (χ3v) is 4.49. The number of carbonyl (C=O) groups is 1. The highest BCUT2D eigenvalue weighted by Gasteiger charge is 2.31. The van der Waals surface area contributed by atoms with Crippen LogP contribution in [0.2, 0.25) is 0 Å². The molecule has 0 spiro atoms. The van der Waals surface area contributed by atoms with Gasteiger partial charge in [0.1, 0.15) is 11.6 Å². The molecule has 0 radical (unpaired) electrons. The van der Waals surface area contributed by atoms with Crippen LogP contribution in [0.4, 0.5) is 4.39 Å². The molecule has 114 valence electrons. The molecule has 21 heavy (non-hydrogen) atoms. The number of halogens is 1. The fourth-order valence-corrected chi connectivity index (χ4v) is 2.88. The van der Waals surface area contributed by atoms with Gasteiger partial charge in [-0.25, -0.2) is 4.39 Å². The normalized spacial score (nSPS) is 23.2. The number of hydrogen-bond donors (Lipinski definition) is 2. The maximum Gasteiger partial charge on any atom is 0.223 e. The Kier molecular flexibility index (Phi) is 4.10. The van der Waals surface area contributed by atoms with Gasteiger partial charge in [0.25, 0.3) is 0 Å². The summed E-state index contributed by atoms with van der Waals surface area (Å²) in [6, 6.07) is 4.35. The summed E-state index contributed by atoms with van der Waals surface area (Å²) in [5.41, 5.74) is 0.750. The first-order chi connectivity index (χ1) is 10.1. The van der Waals surface area contributed by atoms with Gasteiger partial charge >= 0.3 is 0 Å². The van der Waals surface area contributed by atoms with Gasteiger partial charge < -0.3 is 15.4 Å². The maximum atomic E-state index is 13.5. The van der Waals surface area contributed by atoms with Crippen LogP contribution < -0.4 is 15.4 Å². The standard InChI is InChI=1S/C16H21FN2O2/c1-10(11-8-18-9-11)16(20)19-14-3-2-6-21-15-5-4-12(17)7-13(14)15/h4-5,7,10-11,14,18H,2-3,6,8-9H2,1H3,(H,19,20). The Morgan fingerprint density at radius 3 is 3.00 bits per heavy atom. The summed E-state index contributed by atoms with van der Waals surface area (Å²) in [6.45, 7) is 4.36. The van der Waals surface area contributed by atoms with Crippen molar-refractivity contribution in [2.45, 2.75) is 25.8 Å². The quantitative estimate of drug-likeness (QED) is 0.896. The second-order valence-electron chi connectivity index (χ2n) is 5.94. The fourth-order valence-electron chi connectivity index (χ4n) is 2.88. The molecule has 2 aliphatic rings. The molecule has 0 saturated carbocycles. The zero-order valence-corrected chi connectivity index (χ0v) is 12.2. The molecule has 1 saturated heterocycles. The molecular weight excluding hydrogens is 271 g/mol. The first-order valence-electron chi connectivity index (χ1n) is 7.58. The average Bonchev–Trinajstić information content (AvgIpc) is 2.59. The van der Waals surface area contributed by atoms with Crippen molar-refractivity contribution >= 4 is 5.91 Å². The van der Waals surface area contributed by atoms with Gasteiger partial charge in [-0.05, 0) is 50.0 Å². The van der Waals surface area contributed by atoms with Gasteiger partial charge in [0.2, 0.25) is 5.91 Å². The van der Waals surface area contributed by atoms with Crippen LogP contribution in [0.3, 0.4) is 0 Å². The van der Waals surface area contributed by atoms with E-state index in [1.807, 2.05) is 6.92 Å². The van der Waals surface area contributed by atoms with E-state index in [1.54, 1.807) is 6.07 Å². The number of nitrogens with one attached hydrogen (secondary N) is 2. The summed E-state index contributed by atoms with van der Waals surface area (Å²) in [6.07, 6.45) is 1.62. The first-order valence-corrected chi connectivity index (χ1v) is 7.58. The molecule has 0 aromatic heterocycles. The van der Waals surface area contributed by atoms with E-state index in [4.69, 9.17) is 4.74 Å². The number of benzene rings is 1. The summed E-state index contributed by atoms with van der Waals surface area (Å²) in [4.78, 5) is 12.4. The van der Waals surface area contributed by atoms with E-state index in [-0.39, 0.29) is 23.7 Å². The van der Waals surface area contributed by atoms with E-state index in [0.29, 0.717) is 18.3 Å². The van der Waals surface area contributed by atoms with Gasteiger partial charge in [-0.3, -0.25) is 4.79 Å². The predicted molar refractivity (Wildman–Crippen MR) is 77.5 cm³/mol. The molecule has 2 unspecified atom stereocenters. The third-order valence-electron chi connectivity index (χ3n) is 4.49. The lowest BCUT2D eigenvalue weighted by Gasteiger charge is -2.32. The minimum atomic E-state index is -0.297. The zero-order chi connectivity index (χ0) is 14.8. The van der Waals surface area contributed by atoms with Crippen LogP contribution in [0.15, 0.2) is 18.2 Å². The Labute approximate surface area is 124 Å². The lowest BCUT2D eigenvalue weighted by molar-refractivity contribution is -0.127. The van der Waals surface area contributed by atoms with Crippen LogP contribution in [0.25, 0.3) is 0 Å². The Balaban J connectivity index is 1.75. The van der Waals surface area contributed by atoms with E-state index in [0.717, 1.165) is 31.5 Å². The molecule has 0 aliphatic carbocycles. The van der Waals surface area contributed by atoms with Crippen LogP contribution in [-0.4, -0.2) is 25.6 Å². The number of ether oxygens (including phenoxy) is 1. The van der Waals surface area contributed by atoms with Gasteiger partial charge in [-0.15, -0.1) is 0 Å². The topological polar surface area (TPSA) is 50.4 Å². The van der Waals surface area contributed by atoms with Gasteiger partial charge in [0.15, 0.2) is 0 Å². The second-order valence-corrected chi connectivity index (χ2v) is 5.94. The largest absolute Gasteiger partial charge is 0.493 e. The van der Waals surface area contributed by atoms with E-state index < -0.39 is 0 Å². The van der Waals surface area contributed by atoms with Crippen molar-refractivity contribution in [3.05, 3.63) is 29.6 Å². The molecule has 2 atom stereocenters. The van der Waals surface area contributed by atoms with Gasteiger partial charge in [-0.1, -0.05) is 6.92 Å². The monoisotopic (exact) mass is 292 g/mol. The van der Waals surface area contributed by atoms with Crippen molar-refractivity contribution in [2.75, 3.05) is 19.7 Å². The van der Waals surface area contributed by atoms with E-state index in [2.05, 4.69) is 10.6 Å². The third kappa shape index (κ3) is 3.02. The minimum Gasteiger partial charge on any atom is -0.493 e. The average molecular weight is 292 g/mol. The summed E-state index contributed by atoms with van der Waals surface area (Å²) in [5.74, 6) is 0.807. The smallest absolute Gasteiger partial charge is 0.223 e. The zero-order valence-electron chi connectivity index (χ0n) is 12.2. The summed E-state index contributed by atoms with van der Waals surface area (Å²) in [7, 11) is 0. The van der Waals surface area contributed by atoms with Crippen LogP contribution >= 0.6 is 0 Å². The molecule has 1 fully saturated rings. The van der Waals surface area contributed by atoms with Crippen LogP contribution in [-0.2, 0) is 4.79 Å². The van der Waals surface area contributed by atoms with Crippen molar-refractivity contribution in [3.63, 3.8) is 0 Å². The van der Waals surface area contributed by atoms with Crippen molar-refractivity contribution in [2.24, 2.45) is 11.8 Å². The summed E-state index contributed by atoms with van der Waals surface area (Å²) in [5, 5.41) is 6.26. The van der Waals surface area contributed by atoms with Crippen LogP contribution in [0.1, 0.15) is 31.4 Å². The molecule has 0 bridgehead atoms. The highest BCUT2D eigenvalue weighted by atomic mass is 19.1. The molecule has 1 aromatic rings. The molecule has 3 rings (SSSR count). The molecule has 1 amide bonds. The maximum absolute atomic E-state index is 13.5. The van der Waals surface area contributed by atoms with Crippen LogP contribution in [0, 0.1) is 17.7 Å². The molecule has 2 N–H and O–H groups in total. The molecule has 5 heteroatoms. The predicted octanol–water partition coefficient (Wildman–Crippen LogP) is 2.01. The Hall–Kier alpha value is -1.62. The van der Waals surface area contributed by atoms with Crippen molar-refractivity contribution in [3.8, 4) is 5.75 Å². The van der Waals surface area contributed by atoms with E-state index >= 15 is 0 Å². The fraction of sp³-hybridized carbons (Fsp3) is 0.562. The number of fused-ring (bicyclic) bond motifs is 1. The second kappa shape index (κ2) is 6.02. The lowest BCUT2D eigenvalue weighted by Crippen LogP contribution is -2.50. The number of carbonyl (C=O) groups excluding carboxylic acids is 1. The molecule has 1 aromatic carbocycles. The highest BCUT2D eigenvalue weighted by Crippen LogP contribution is 2.32. The summed E-state index contributed by atoms with van der Waals surface area (Å²) >= 11 is 0. The first kappa shape index (κ1) is 14.3. The minimum absolute atomic E-state index is 0.0209. The van der Waals surface area contributed by atoms with Gasteiger partial charge in [0.05, 0.1) is 12.6 Å². The van der Waals surface area contributed by atoms with Gasteiger partial charge in [-0.2, -0.15) is 0 Å². The number of hydrogen-bond acceptors (Lipinski definition) is 3. The van der Waals surface area contributed by atoms with Gasteiger partial charge in [0, 0.05) is 11.5 Å².